The standard InChI is InChI=1S/C19H30N2O3.ClH/c1-18(2)12-21(10-9-16(18)20)17(22)19(3,4)13-7-8-14(23-5)15(11-13)24-6;/h7-8,11,16H,9-10,12,20H2,1-6H3;1H. The summed E-state index contributed by atoms with van der Waals surface area (Å²) in [6, 6.07) is 5.79. The SMILES string of the molecule is COc1ccc(C(C)(C)C(=O)N2CCC(N)C(C)(C)C2)cc1OC.Cl. The number of nitrogens with zero attached hydrogens (tertiary/aromatic N) is 1. The highest BCUT2D eigenvalue weighted by molar-refractivity contribution is 5.87. The van der Waals surface area contributed by atoms with E-state index in [9.17, 15) is 4.79 Å². The molecule has 0 saturated carbocycles. The quantitative estimate of drug-likeness (QED) is 0.884. The Morgan fingerprint density at radius 3 is 2.36 bits per heavy atom. The molecule has 2 N–H and O–H groups in total. The molecule has 0 spiro atoms. The highest BCUT2D eigenvalue weighted by Gasteiger charge is 2.40. The van der Waals surface area contributed by atoms with Gasteiger partial charge in [-0.3, -0.25) is 4.79 Å². The van der Waals surface area contributed by atoms with Gasteiger partial charge in [0, 0.05) is 19.1 Å². The van der Waals surface area contributed by atoms with Crippen LogP contribution in [0.4, 0.5) is 0 Å². The fourth-order valence-corrected chi connectivity index (χ4v) is 3.29. The number of methoxy groups -OCH3 is 2. The van der Waals surface area contributed by atoms with Crippen molar-refractivity contribution in [1.29, 1.82) is 0 Å². The molecule has 1 unspecified atom stereocenters. The summed E-state index contributed by atoms with van der Waals surface area (Å²) < 4.78 is 10.7. The Kier molecular flexibility index (Phi) is 6.76. The molecule has 0 aliphatic carbocycles. The second-order valence-electron chi connectivity index (χ2n) is 7.81. The number of likely N-dealkylation sites (tertiary alicyclic amines) is 1. The van der Waals surface area contributed by atoms with Crippen molar-refractivity contribution in [2.45, 2.75) is 45.6 Å². The molecule has 1 saturated heterocycles. The molecule has 1 heterocycles. The molecule has 1 aliphatic rings. The van der Waals surface area contributed by atoms with E-state index < -0.39 is 5.41 Å². The first-order valence-electron chi connectivity index (χ1n) is 8.41. The molecular weight excluding hydrogens is 340 g/mol. The van der Waals surface area contributed by atoms with Gasteiger partial charge in [0.1, 0.15) is 0 Å². The Hall–Kier alpha value is -1.46. The Labute approximate surface area is 157 Å². The lowest BCUT2D eigenvalue weighted by Crippen LogP contribution is -2.56. The van der Waals surface area contributed by atoms with E-state index in [4.69, 9.17) is 15.2 Å². The summed E-state index contributed by atoms with van der Waals surface area (Å²) in [5.41, 5.74) is 6.40. The number of ether oxygens (including phenoxy) is 2. The van der Waals surface area contributed by atoms with Crippen molar-refractivity contribution in [2.75, 3.05) is 27.3 Å². The minimum Gasteiger partial charge on any atom is -0.493 e. The van der Waals surface area contributed by atoms with Crippen molar-refractivity contribution in [3.05, 3.63) is 23.8 Å². The van der Waals surface area contributed by atoms with E-state index in [-0.39, 0.29) is 29.8 Å². The second-order valence-corrected chi connectivity index (χ2v) is 7.81. The molecule has 6 heteroatoms. The number of nitrogens with two attached hydrogens (primary N) is 1. The van der Waals surface area contributed by atoms with Gasteiger partial charge in [-0.1, -0.05) is 19.9 Å². The maximum Gasteiger partial charge on any atom is 0.232 e. The molecule has 1 atom stereocenters. The first kappa shape index (κ1) is 21.6. The van der Waals surface area contributed by atoms with E-state index in [1.165, 1.54) is 0 Å². The van der Waals surface area contributed by atoms with E-state index in [1.807, 2.05) is 36.9 Å². The summed E-state index contributed by atoms with van der Waals surface area (Å²) in [6.45, 7) is 9.56. The van der Waals surface area contributed by atoms with Crippen LogP contribution in [0.1, 0.15) is 39.7 Å². The fraction of sp³-hybridized carbons (Fsp3) is 0.632. The molecule has 5 nitrogen and oxygen atoms in total. The molecule has 1 aromatic rings. The number of halogens is 1. The van der Waals surface area contributed by atoms with Crippen molar-refractivity contribution in [3.63, 3.8) is 0 Å². The smallest absolute Gasteiger partial charge is 0.232 e. The Morgan fingerprint density at radius 2 is 1.84 bits per heavy atom. The molecule has 0 aromatic heterocycles. The van der Waals surface area contributed by atoms with Gasteiger partial charge in [0.25, 0.3) is 0 Å². The molecule has 1 fully saturated rings. The average Bonchev–Trinajstić information content (AvgIpc) is 2.55. The summed E-state index contributed by atoms with van der Waals surface area (Å²) >= 11 is 0. The van der Waals surface area contributed by atoms with Gasteiger partial charge in [0.2, 0.25) is 5.91 Å². The molecule has 0 bridgehead atoms. The van der Waals surface area contributed by atoms with Crippen LogP contribution in [0, 0.1) is 5.41 Å². The van der Waals surface area contributed by atoms with Crippen LogP contribution in [0.2, 0.25) is 0 Å². The molecule has 142 valence electrons. The number of carbonyl (C=O) groups is 1. The summed E-state index contributed by atoms with van der Waals surface area (Å²) in [5.74, 6) is 1.42. The summed E-state index contributed by atoms with van der Waals surface area (Å²) in [5, 5.41) is 0. The third-order valence-electron chi connectivity index (χ3n) is 5.24. The van der Waals surface area contributed by atoms with Crippen molar-refractivity contribution in [1.82, 2.24) is 4.90 Å². The van der Waals surface area contributed by atoms with Gasteiger partial charge in [-0.05, 0) is 43.4 Å². The number of amides is 1. The molecule has 25 heavy (non-hydrogen) atoms. The number of piperidine rings is 1. The van der Waals surface area contributed by atoms with Gasteiger partial charge in [-0.25, -0.2) is 0 Å². The Morgan fingerprint density at radius 1 is 1.24 bits per heavy atom. The minimum atomic E-state index is -0.642. The van der Waals surface area contributed by atoms with Gasteiger partial charge in [-0.15, -0.1) is 12.4 Å². The third-order valence-corrected chi connectivity index (χ3v) is 5.24. The molecule has 1 amide bonds. The number of hydrogen-bond acceptors (Lipinski definition) is 4. The monoisotopic (exact) mass is 370 g/mol. The van der Waals surface area contributed by atoms with Gasteiger partial charge in [0.05, 0.1) is 19.6 Å². The van der Waals surface area contributed by atoms with E-state index in [2.05, 4.69) is 13.8 Å². The van der Waals surface area contributed by atoms with E-state index in [0.29, 0.717) is 24.6 Å². The van der Waals surface area contributed by atoms with E-state index >= 15 is 0 Å². The van der Waals surface area contributed by atoms with E-state index in [0.717, 1.165) is 12.0 Å². The van der Waals surface area contributed by atoms with Gasteiger partial charge in [0.15, 0.2) is 11.5 Å². The predicted molar refractivity (Wildman–Crippen MR) is 103 cm³/mol. The molecule has 1 aliphatic heterocycles. The largest absolute Gasteiger partial charge is 0.493 e. The lowest BCUT2D eigenvalue weighted by atomic mass is 9.77. The van der Waals surface area contributed by atoms with Crippen molar-refractivity contribution in [3.8, 4) is 11.5 Å². The number of carbonyl (C=O) groups excluding carboxylic acids is 1. The first-order chi connectivity index (χ1) is 11.1. The fourth-order valence-electron chi connectivity index (χ4n) is 3.29. The Balaban J connectivity index is 0.00000312. The van der Waals surface area contributed by atoms with Crippen LogP contribution in [0.5, 0.6) is 11.5 Å². The highest BCUT2D eigenvalue weighted by atomic mass is 35.5. The normalized spacial score (nSPS) is 19.8. The van der Waals surface area contributed by atoms with Crippen LogP contribution < -0.4 is 15.2 Å². The number of benzene rings is 1. The molecule has 0 radical (unpaired) electrons. The van der Waals surface area contributed by atoms with Gasteiger partial charge < -0.3 is 20.1 Å². The molecule has 1 aromatic carbocycles. The summed E-state index contributed by atoms with van der Waals surface area (Å²) in [6.07, 6.45) is 0.834. The lowest BCUT2D eigenvalue weighted by molar-refractivity contribution is -0.139. The number of hydrogen-bond donors (Lipinski definition) is 1. The van der Waals surface area contributed by atoms with Gasteiger partial charge in [-0.2, -0.15) is 0 Å². The second kappa shape index (κ2) is 7.83. The van der Waals surface area contributed by atoms with Crippen LogP contribution in [0.15, 0.2) is 18.2 Å². The minimum absolute atomic E-state index is 0. The van der Waals surface area contributed by atoms with Crippen LogP contribution in [-0.4, -0.2) is 44.2 Å². The lowest BCUT2D eigenvalue weighted by Gasteiger charge is -2.45. The summed E-state index contributed by atoms with van der Waals surface area (Å²) in [7, 11) is 3.21. The van der Waals surface area contributed by atoms with Gasteiger partial charge >= 0.3 is 0 Å². The number of rotatable bonds is 4. The third kappa shape index (κ3) is 4.21. The van der Waals surface area contributed by atoms with Crippen LogP contribution >= 0.6 is 12.4 Å². The van der Waals surface area contributed by atoms with Crippen LogP contribution in [0.3, 0.4) is 0 Å². The predicted octanol–water partition coefficient (Wildman–Crippen LogP) is 2.99. The summed E-state index contributed by atoms with van der Waals surface area (Å²) in [4.78, 5) is 15.1. The Bertz CT molecular complexity index is 617. The van der Waals surface area contributed by atoms with E-state index in [1.54, 1.807) is 14.2 Å². The molecule has 2 rings (SSSR count). The topological polar surface area (TPSA) is 64.8 Å². The highest BCUT2D eigenvalue weighted by Crippen LogP contribution is 2.36. The molecular formula is C19H31ClN2O3. The zero-order valence-electron chi connectivity index (χ0n) is 16.1. The van der Waals surface area contributed by atoms with Crippen molar-refractivity contribution >= 4 is 18.3 Å². The maximum absolute atomic E-state index is 13.2. The zero-order valence-corrected chi connectivity index (χ0v) is 16.9. The van der Waals surface area contributed by atoms with Crippen molar-refractivity contribution in [2.24, 2.45) is 11.1 Å². The maximum atomic E-state index is 13.2. The average molecular weight is 371 g/mol. The van der Waals surface area contributed by atoms with Crippen molar-refractivity contribution < 1.29 is 14.3 Å². The van der Waals surface area contributed by atoms with Crippen LogP contribution in [-0.2, 0) is 10.2 Å². The van der Waals surface area contributed by atoms with Crippen LogP contribution in [0.25, 0.3) is 0 Å². The first-order valence-corrected chi connectivity index (χ1v) is 8.41. The zero-order chi connectivity index (χ0) is 18.1.